The van der Waals surface area contributed by atoms with Crippen LogP contribution in [0, 0.1) is 5.82 Å². The number of aromatic nitrogens is 3. The van der Waals surface area contributed by atoms with Crippen LogP contribution in [0.5, 0.6) is 5.75 Å². The van der Waals surface area contributed by atoms with E-state index < -0.39 is 12.4 Å². The Balaban J connectivity index is 1.11. The van der Waals surface area contributed by atoms with Gasteiger partial charge in [0.25, 0.3) is 0 Å². The van der Waals surface area contributed by atoms with Crippen molar-refractivity contribution in [3.05, 3.63) is 90.0 Å². The number of alkyl halides is 3. The second kappa shape index (κ2) is 14.1. The molecule has 1 saturated heterocycles. The van der Waals surface area contributed by atoms with Crippen molar-refractivity contribution in [2.75, 3.05) is 23.7 Å². The quantitative estimate of drug-likeness (QED) is 0.141. The summed E-state index contributed by atoms with van der Waals surface area (Å²) in [5.41, 5.74) is 4.20. The number of carbonyl (C=O) groups is 1. The Hall–Kier alpha value is -4.39. The van der Waals surface area contributed by atoms with Crippen LogP contribution in [0.15, 0.2) is 78.0 Å². The number of hydrogen-bond donors (Lipinski definition) is 1. The minimum Gasteiger partial charge on any atom is -0.406 e. The predicted molar refractivity (Wildman–Crippen MR) is 168 cm³/mol. The molecule has 1 N–H and O–H groups in total. The van der Waals surface area contributed by atoms with E-state index in [4.69, 9.17) is 0 Å². The van der Waals surface area contributed by atoms with Gasteiger partial charge in [0, 0.05) is 30.1 Å². The molecule has 0 radical (unpaired) electrons. The molecule has 1 aromatic heterocycles. The molecule has 8 nitrogen and oxygen atoms in total. The highest BCUT2D eigenvalue weighted by molar-refractivity contribution is 8.14. The third kappa shape index (κ3) is 8.62. The molecule has 0 bridgehead atoms. The number of amidine groups is 1. The summed E-state index contributed by atoms with van der Waals surface area (Å²) in [7, 11) is 0. The molecule has 2 amide bonds. The molecule has 2 heterocycles. The number of hydrogen-bond acceptors (Lipinski definition) is 5. The number of nitrogens with zero attached hydrogens (tertiary/aromatic N) is 5. The smallest absolute Gasteiger partial charge is 0.406 e. The molecule has 0 spiro atoms. The lowest BCUT2D eigenvalue weighted by molar-refractivity contribution is -0.274. The number of ether oxygens (including phenoxy) is 1. The molecule has 1 aliphatic rings. The van der Waals surface area contributed by atoms with Crippen LogP contribution in [-0.2, 0) is 6.42 Å². The Morgan fingerprint density at radius 1 is 1.09 bits per heavy atom. The van der Waals surface area contributed by atoms with Gasteiger partial charge >= 0.3 is 12.4 Å². The van der Waals surface area contributed by atoms with E-state index in [-0.39, 0.29) is 17.5 Å². The molecule has 5 rings (SSSR count). The van der Waals surface area contributed by atoms with Crippen molar-refractivity contribution in [1.82, 2.24) is 20.1 Å². The Kier molecular flexibility index (Phi) is 10.1. The van der Waals surface area contributed by atoms with Crippen LogP contribution in [0.25, 0.3) is 17.1 Å². The molecule has 0 saturated carbocycles. The fourth-order valence-corrected chi connectivity index (χ4v) is 5.86. The van der Waals surface area contributed by atoms with Crippen LogP contribution < -0.4 is 15.0 Å². The Bertz CT molecular complexity index is 1660. The number of nitrogens with one attached hydrogen (secondary N) is 1. The highest BCUT2D eigenvalue weighted by Gasteiger charge is 2.31. The Labute approximate surface area is 262 Å². The van der Waals surface area contributed by atoms with E-state index in [2.05, 4.69) is 25.1 Å². The summed E-state index contributed by atoms with van der Waals surface area (Å²) in [6.07, 6.45) is -0.875. The molecule has 0 atom stereocenters. The lowest BCUT2D eigenvalue weighted by Gasteiger charge is -2.23. The van der Waals surface area contributed by atoms with E-state index in [9.17, 15) is 22.4 Å². The summed E-state index contributed by atoms with van der Waals surface area (Å²) in [4.78, 5) is 23.2. The number of benzene rings is 3. The maximum atomic E-state index is 13.9. The van der Waals surface area contributed by atoms with E-state index in [0.717, 1.165) is 47.4 Å². The SMILES string of the molecule is CC(C)c1cc(F)ccc1N1CCS/C1=N\C(=O)NCCCCc1cccc(-c2ncn(-c3ccc(OC(F)(F)F)cc3)n2)c1. The van der Waals surface area contributed by atoms with Gasteiger partial charge in [-0.3, -0.25) is 0 Å². The highest BCUT2D eigenvalue weighted by atomic mass is 32.2. The minimum atomic E-state index is -4.75. The van der Waals surface area contributed by atoms with Crippen molar-refractivity contribution >= 4 is 28.6 Å². The van der Waals surface area contributed by atoms with Crippen LogP contribution in [0.2, 0.25) is 0 Å². The van der Waals surface area contributed by atoms with Gasteiger partial charge in [0.15, 0.2) is 11.0 Å². The van der Waals surface area contributed by atoms with Crippen LogP contribution in [-0.4, -0.2) is 51.2 Å². The third-order valence-corrected chi connectivity index (χ3v) is 8.01. The number of urea groups is 1. The molecule has 3 aromatic carbocycles. The first-order valence-corrected chi connectivity index (χ1v) is 15.5. The van der Waals surface area contributed by atoms with Crippen molar-refractivity contribution in [3.8, 4) is 22.8 Å². The summed E-state index contributed by atoms with van der Waals surface area (Å²) >= 11 is 1.51. The van der Waals surface area contributed by atoms with Gasteiger partial charge in [-0.1, -0.05) is 43.8 Å². The van der Waals surface area contributed by atoms with E-state index in [1.807, 2.05) is 43.0 Å². The molecule has 45 heavy (non-hydrogen) atoms. The van der Waals surface area contributed by atoms with E-state index in [1.54, 1.807) is 12.1 Å². The third-order valence-electron chi connectivity index (χ3n) is 7.06. The van der Waals surface area contributed by atoms with Crippen LogP contribution in [0.1, 0.15) is 43.7 Å². The second-order valence-corrected chi connectivity index (χ2v) is 11.8. The summed E-state index contributed by atoms with van der Waals surface area (Å²) in [5, 5.41) is 7.95. The van der Waals surface area contributed by atoms with Crippen LogP contribution in [0.3, 0.4) is 0 Å². The van der Waals surface area contributed by atoms with Gasteiger partial charge in [0.05, 0.1) is 5.69 Å². The lowest BCUT2D eigenvalue weighted by Crippen LogP contribution is -2.28. The second-order valence-electron chi connectivity index (χ2n) is 10.7. The first-order valence-electron chi connectivity index (χ1n) is 14.5. The maximum absolute atomic E-state index is 13.9. The monoisotopic (exact) mass is 640 g/mol. The van der Waals surface area contributed by atoms with Gasteiger partial charge in [-0.15, -0.1) is 18.3 Å². The summed E-state index contributed by atoms with van der Waals surface area (Å²) in [6.45, 7) is 5.20. The number of thioether (sulfide) groups is 1. The topological polar surface area (TPSA) is 84.6 Å². The molecule has 236 valence electrons. The summed E-state index contributed by atoms with van der Waals surface area (Å²) in [6, 6.07) is 17.5. The zero-order valence-corrected chi connectivity index (χ0v) is 25.5. The van der Waals surface area contributed by atoms with Crippen molar-refractivity contribution in [2.24, 2.45) is 4.99 Å². The number of amides is 2. The Morgan fingerprint density at radius 2 is 1.89 bits per heavy atom. The molecule has 0 unspecified atom stereocenters. The zero-order chi connectivity index (χ0) is 32.0. The van der Waals surface area contributed by atoms with Gasteiger partial charge in [-0.2, -0.15) is 4.99 Å². The van der Waals surface area contributed by atoms with E-state index in [0.29, 0.717) is 29.8 Å². The average Bonchev–Trinajstić information content (AvgIpc) is 3.67. The highest BCUT2D eigenvalue weighted by Crippen LogP contribution is 2.33. The maximum Gasteiger partial charge on any atom is 0.573 e. The normalized spacial score (nSPS) is 14.4. The van der Waals surface area contributed by atoms with Crippen LogP contribution >= 0.6 is 11.8 Å². The summed E-state index contributed by atoms with van der Waals surface area (Å²) < 4.78 is 56.5. The number of rotatable bonds is 10. The van der Waals surface area contributed by atoms with Gasteiger partial charge in [0.2, 0.25) is 0 Å². The fraction of sp³-hybridized carbons (Fsp3) is 0.312. The van der Waals surface area contributed by atoms with Crippen molar-refractivity contribution < 1.29 is 27.1 Å². The standard InChI is InChI=1S/C32H32F4N6O2S/c1-21(2)27-19-24(33)9-14-28(27)41-16-17-45-31(41)39-30(43)37-15-4-3-6-22-7-5-8-23(18-22)29-38-20-42(40-29)25-10-12-26(13-11-25)44-32(34,35)36/h5,7-14,18-21H,3-4,6,15-17H2,1-2H3,(H,37,43)/b39-31-. The number of unbranched alkanes of at least 4 members (excludes halogenated alkanes) is 1. The van der Waals surface area contributed by atoms with E-state index >= 15 is 0 Å². The average molecular weight is 641 g/mol. The fourth-order valence-electron chi connectivity index (χ4n) is 4.91. The lowest BCUT2D eigenvalue weighted by atomic mass is 10.0. The molecule has 1 aliphatic heterocycles. The van der Waals surface area contributed by atoms with Gasteiger partial charge < -0.3 is 15.0 Å². The number of aliphatic imine (C=N–C) groups is 1. The number of carbonyl (C=O) groups excluding carboxylic acids is 1. The largest absolute Gasteiger partial charge is 0.573 e. The van der Waals surface area contributed by atoms with Crippen molar-refractivity contribution in [2.45, 2.75) is 45.4 Å². The zero-order valence-electron chi connectivity index (χ0n) is 24.7. The van der Waals surface area contributed by atoms with Gasteiger partial charge in [-0.25, -0.2) is 18.9 Å². The number of halogens is 4. The van der Waals surface area contributed by atoms with E-state index in [1.165, 1.54) is 53.1 Å². The predicted octanol–water partition coefficient (Wildman–Crippen LogP) is 7.74. The summed E-state index contributed by atoms with van der Waals surface area (Å²) in [5.74, 6) is 0.814. The molecule has 1 fully saturated rings. The number of aryl methyl sites for hydroxylation is 1. The first kappa shape index (κ1) is 32.0. The van der Waals surface area contributed by atoms with Gasteiger partial charge in [0.1, 0.15) is 17.9 Å². The molecule has 4 aromatic rings. The van der Waals surface area contributed by atoms with Crippen molar-refractivity contribution in [3.63, 3.8) is 0 Å². The molecular formula is C32H32F4N6O2S. The minimum absolute atomic E-state index is 0.127. The first-order chi connectivity index (χ1) is 21.6. The molecular weight excluding hydrogens is 608 g/mol. The molecule has 13 heteroatoms. The van der Waals surface area contributed by atoms with Gasteiger partial charge in [-0.05, 0) is 84.8 Å². The van der Waals surface area contributed by atoms with Crippen molar-refractivity contribution in [1.29, 1.82) is 0 Å². The van der Waals surface area contributed by atoms with Crippen LogP contribution in [0.4, 0.5) is 28.0 Å². The number of anilines is 1. The Morgan fingerprint density at radius 3 is 2.64 bits per heavy atom. The molecule has 0 aliphatic carbocycles.